The summed E-state index contributed by atoms with van der Waals surface area (Å²) >= 11 is 6.32. The first-order valence-electron chi connectivity index (χ1n) is 8.51. The molecule has 1 aliphatic rings. The fraction of sp³-hybridized carbons (Fsp3) is 0.100. The van der Waals surface area contributed by atoms with E-state index in [-0.39, 0.29) is 15.6 Å². The second kappa shape index (κ2) is 8.56. The van der Waals surface area contributed by atoms with E-state index >= 15 is 0 Å². The Morgan fingerprint density at radius 2 is 1.93 bits per heavy atom. The van der Waals surface area contributed by atoms with Gasteiger partial charge in [0.15, 0.2) is 10.4 Å². The van der Waals surface area contributed by atoms with Crippen molar-refractivity contribution in [3.63, 3.8) is 0 Å². The van der Waals surface area contributed by atoms with E-state index < -0.39 is 29.7 Å². The maximum atomic E-state index is 12.8. The SMILES string of the molecule is CC(Oc1cccc(/C=C2\SC(=S)N(c3ccc(C(=O)O)c(O)c3)C2=O)c1)C(=O)O. The van der Waals surface area contributed by atoms with Crippen molar-refractivity contribution in [3.05, 3.63) is 58.5 Å². The zero-order valence-electron chi connectivity index (χ0n) is 15.4. The van der Waals surface area contributed by atoms with E-state index in [9.17, 15) is 19.5 Å². The van der Waals surface area contributed by atoms with E-state index in [1.54, 1.807) is 30.3 Å². The van der Waals surface area contributed by atoms with Crippen molar-refractivity contribution in [2.24, 2.45) is 0 Å². The zero-order chi connectivity index (χ0) is 22.0. The Morgan fingerprint density at radius 1 is 1.20 bits per heavy atom. The Bertz CT molecular complexity index is 1100. The molecule has 1 atom stereocenters. The maximum absolute atomic E-state index is 12.8. The predicted molar refractivity (Wildman–Crippen MR) is 115 cm³/mol. The molecule has 0 bridgehead atoms. The molecule has 1 amide bonds. The van der Waals surface area contributed by atoms with E-state index in [4.69, 9.17) is 27.2 Å². The number of carboxylic acids is 2. The molecule has 3 rings (SSSR count). The predicted octanol–water partition coefficient (Wildman–Crippen LogP) is 3.35. The summed E-state index contributed by atoms with van der Waals surface area (Å²) in [5.74, 6) is -2.96. The quantitative estimate of drug-likeness (QED) is 0.453. The van der Waals surface area contributed by atoms with Crippen LogP contribution in [0, 0.1) is 0 Å². The fourth-order valence-corrected chi connectivity index (χ4v) is 3.91. The molecule has 1 saturated heterocycles. The summed E-state index contributed by atoms with van der Waals surface area (Å²) in [4.78, 5) is 36.3. The summed E-state index contributed by atoms with van der Waals surface area (Å²) in [5, 5.41) is 27.9. The van der Waals surface area contributed by atoms with Gasteiger partial charge in [-0.1, -0.05) is 36.1 Å². The van der Waals surface area contributed by atoms with Crippen molar-refractivity contribution in [2.75, 3.05) is 4.90 Å². The van der Waals surface area contributed by atoms with E-state index in [1.165, 1.54) is 30.0 Å². The Morgan fingerprint density at radius 3 is 2.57 bits per heavy atom. The molecule has 1 aliphatic heterocycles. The number of nitrogens with zero attached hydrogens (tertiary/aromatic N) is 1. The highest BCUT2D eigenvalue weighted by molar-refractivity contribution is 8.27. The Labute approximate surface area is 180 Å². The largest absolute Gasteiger partial charge is 0.507 e. The van der Waals surface area contributed by atoms with Gasteiger partial charge in [-0.2, -0.15) is 0 Å². The highest BCUT2D eigenvalue weighted by atomic mass is 32.2. The van der Waals surface area contributed by atoms with E-state index in [0.29, 0.717) is 16.2 Å². The number of carbonyl (C=O) groups excluding carboxylic acids is 1. The number of thioether (sulfide) groups is 1. The molecule has 1 heterocycles. The molecule has 10 heteroatoms. The molecule has 0 aromatic heterocycles. The van der Waals surface area contributed by atoms with Gasteiger partial charge in [0, 0.05) is 6.07 Å². The third-order valence-electron chi connectivity index (χ3n) is 4.08. The van der Waals surface area contributed by atoms with E-state index in [1.807, 2.05) is 0 Å². The van der Waals surface area contributed by atoms with Crippen LogP contribution in [0.2, 0.25) is 0 Å². The summed E-state index contributed by atoms with van der Waals surface area (Å²) < 4.78 is 5.55. The second-order valence-corrected chi connectivity index (χ2v) is 7.87. The number of anilines is 1. The molecule has 2 aromatic rings. The number of aromatic carboxylic acids is 1. The van der Waals surface area contributed by atoms with Gasteiger partial charge in [-0.15, -0.1) is 0 Å². The van der Waals surface area contributed by atoms with Crippen LogP contribution in [0.3, 0.4) is 0 Å². The number of benzene rings is 2. The number of carboxylic acid groups (broad SMARTS) is 2. The number of thiocarbonyl (C=S) groups is 1. The molecule has 154 valence electrons. The fourth-order valence-electron chi connectivity index (χ4n) is 2.61. The van der Waals surface area contributed by atoms with Crippen LogP contribution < -0.4 is 9.64 Å². The normalized spacial score (nSPS) is 16.0. The van der Waals surface area contributed by atoms with Crippen molar-refractivity contribution in [1.29, 1.82) is 0 Å². The molecular weight excluding hydrogens is 430 g/mol. The molecule has 2 aromatic carbocycles. The van der Waals surface area contributed by atoms with Crippen LogP contribution >= 0.6 is 24.0 Å². The van der Waals surface area contributed by atoms with Gasteiger partial charge in [-0.25, -0.2) is 9.59 Å². The van der Waals surface area contributed by atoms with Gasteiger partial charge in [-0.3, -0.25) is 9.69 Å². The molecule has 30 heavy (non-hydrogen) atoms. The Balaban J connectivity index is 1.86. The maximum Gasteiger partial charge on any atom is 0.344 e. The number of aromatic hydroxyl groups is 1. The molecule has 0 spiro atoms. The third-order valence-corrected chi connectivity index (χ3v) is 5.38. The van der Waals surface area contributed by atoms with Crippen LogP contribution in [0.15, 0.2) is 47.4 Å². The molecular formula is C20H15NO7S2. The lowest BCUT2D eigenvalue weighted by atomic mass is 10.1. The number of amides is 1. The molecule has 8 nitrogen and oxygen atoms in total. The molecule has 1 unspecified atom stereocenters. The number of ether oxygens (including phenoxy) is 1. The first-order chi connectivity index (χ1) is 14.2. The number of hydrogen-bond acceptors (Lipinski definition) is 7. The molecule has 3 N–H and O–H groups in total. The first-order valence-corrected chi connectivity index (χ1v) is 9.73. The lowest BCUT2D eigenvalue weighted by Gasteiger charge is -2.15. The third kappa shape index (κ3) is 4.44. The minimum absolute atomic E-state index is 0.223. The number of aliphatic carboxylic acids is 1. The van der Waals surface area contributed by atoms with E-state index in [0.717, 1.165) is 11.8 Å². The number of phenols is 1. The summed E-state index contributed by atoms with van der Waals surface area (Å²) in [6.45, 7) is 1.41. The van der Waals surface area contributed by atoms with Crippen LogP contribution in [-0.2, 0) is 9.59 Å². The summed E-state index contributed by atoms with van der Waals surface area (Å²) in [7, 11) is 0. The number of rotatable bonds is 6. The number of carbonyl (C=O) groups is 3. The summed E-state index contributed by atoms with van der Waals surface area (Å²) in [6.07, 6.45) is 0.559. The Hall–Kier alpha value is -3.37. The Kier molecular flexibility index (Phi) is 6.09. The lowest BCUT2D eigenvalue weighted by Crippen LogP contribution is -2.27. The number of hydrogen-bond donors (Lipinski definition) is 3. The first kappa shape index (κ1) is 21.3. The lowest BCUT2D eigenvalue weighted by molar-refractivity contribution is -0.144. The van der Waals surface area contributed by atoms with Gasteiger partial charge < -0.3 is 20.1 Å². The van der Waals surface area contributed by atoms with E-state index in [2.05, 4.69) is 0 Å². The van der Waals surface area contributed by atoms with Gasteiger partial charge in [-0.05, 0) is 42.8 Å². The monoisotopic (exact) mass is 445 g/mol. The van der Waals surface area contributed by atoms with Gasteiger partial charge in [0.2, 0.25) is 0 Å². The topological polar surface area (TPSA) is 124 Å². The smallest absolute Gasteiger partial charge is 0.344 e. The van der Waals surface area contributed by atoms with Gasteiger partial charge in [0.1, 0.15) is 17.1 Å². The highest BCUT2D eigenvalue weighted by Gasteiger charge is 2.33. The van der Waals surface area contributed by atoms with Crippen molar-refractivity contribution in [2.45, 2.75) is 13.0 Å². The standard InChI is InChI=1S/C20H15NO7S2/c1-10(18(24)25)28-13-4-2-3-11(7-13)8-16-17(23)21(20(29)30-16)12-5-6-14(19(26)27)15(22)9-12/h2-10,22H,1H3,(H,24,25)(H,26,27)/b16-8-. The van der Waals surface area contributed by atoms with Crippen LogP contribution in [0.5, 0.6) is 11.5 Å². The summed E-state index contributed by atoms with van der Waals surface area (Å²) in [6, 6.07) is 10.3. The van der Waals surface area contributed by atoms with Crippen LogP contribution in [0.4, 0.5) is 5.69 Å². The van der Waals surface area contributed by atoms with Gasteiger partial charge in [0.05, 0.1) is 10.6 Å². The van der Waals surface area contributed by atoms with Crippen molar-refractivity contribution in [1.82, 2.24) is 0 Å². The average Bonchev–Trinajstić information content (AvgIpc) is 2.94. The molecule has 0 saturated carbocycles. The molecule has 0 aliphatic carbocycles. The van der Waals surface area contributed by atoms with Gasteiger partial charge >= 0.3 is 11.9 Å². The van der Waals surface area contributed by atoms with Gasteiger partial charge in [0.25, 0.3) is 5.91 Å². The highest BCUT2D eigenvalue weighted by Crippen LogP contribution is 2.37. The van der Waals surface area contributed by atoms with Crippen molar-refractivity contribution >= 4 is 57.9 Å². The van der Waals surface area contributed by atoms with Crippen LogP contribution in [0.25, 0.3) is 6.08 Å². The zero-order valence-corrected chi connectivity index (χ0v) is 17.1. The summed E-state index contributed by atoms with van der Waals surface area (Å²) in [5.41, 5.74) is 0.567. The van der Waals surface area contributed by atoms with Crippen LogP contribution in [0.1, 0.15) is 22.8 Å². The average molecular weight is 445 g/mol. The minimum atomic E-state index is -1.29. The van der Waals surface area contributed by atoms with Crippen LogP contribution in [-0.4, -0.2) is 43.6 Å². The van der Waals surface area contributed by atoms with Crippen molar-refractivity contribution < 1.29 is 34.4 Å². The molecule has 1 fully saturated rings. The minimum Gasteiger partial charge on any atom is -0.507 e. The second-order valence-electron chi connectivity index (χ2n) is 6.19. The van der Waals surface area contributed by atoms with Crippen molar-refractivity contribution in [3.8, 4) is 11.5 Å². The molecule has 0 radical (unpaired) electrons.